The second-order valence-corrected chi connectivity index (χ2v) is 10.3. The summed E-state index contributed by atoms with van der Waals surface area (Å²) in [4.78, 5) is 56.1. The first-order valence-electron chi connectivity index (χ1n) is 12.2. The molecule has 0 aromatic rings. The van der Waals surface area contributed by atoms with Gasteiger partial charge in [0.15, 0.2) is 0 Å². The fourth-order valence-corrected chi connectivity index (χ4v) is 4.54. The van der Waals surface area contributed by atoms with Crippen LogP contribution in [0, 0.1) is 11.8 Å². The minimum absolute atomic E-state index is 0.0373. The minimum Gasteiger partial charge on any atom is -0.467 e. The molecule has 192 valence electrons. The largest absolute Gasteiger partial charge is 0.467 e. The second-order valence-electron chi connectivity index (χ2n) is 10.3. The summed E-state index contributed by atoms with van der Waals surface area (Å²) in [5, 5.41) is 3.00. The number of nitrogens with one attached hydrogen (secondary N) is 1. The summed E-state index contributed by atoms with van der Waals surface area (Å²) in [7, 11) is 4.96. The lowest BCUT2D eigenvalue weighted by Gasteiger charge is -2.36. The molecule has 4 atom stereocenters. The van der Waals surface area contributed by atoms with E-state index >= 15 is 0 Å². The summed E-state index contributed by atoms with van der Waals surface area (Å²) in [5.74, 6) is -1.01. The third-order valence-corrected chi connectivity index (χ3v) is 6.89. The second kappa shape index (κ2) is 11.8. The van der Waals surface area contributed by atoms with E-state index in [0.29, 0.717) is 12.1 Å². The Balaban J connectivity index is 2.14. The van der Waals surface area contributed by atoms with Gasteiger partial charge >= 0.3 is 5.97 Å². The Morgan fingerprint density at radius 2 is 1.71 bits per heavy atom. The number of amides is 3. The lowest BCUT2D eigenvalue weighted by atomic mass is 9.96. The number of rotatable bonds is 9. The van der Waals surface area contributed by atoms with Gasteiger partial charge in [0.05, 0.1) is 25.7 Å². The maximum Gasteiger partial charge on any atom is 0.330 e. The topological polar surface area (TPSA) is 99.0 Å². The van der Waals surface area contributed by atoms with Crippen LogP contribution in [0.2, 0.25) is 0 Å². The molecule has 2 aliphatic rings. The van der Waals surface area contributed by atoms with Gasteiger partial charge in [-0.25, -0.2) is 4.79 Å². The van der Waals surface area contributed by atoms with Crippen LogP contribution in [0.5, 0.6) is 0 Å². The quantitative estimate of drug-likeness (QED) is 0.306. The fraction of sp³-hybridized carbons (Fsp3) is 0.760. The van der Waals surface area contributed by atoms with E-state index < -0.39 is 18.1 Å². The number of nitrogens with zero attached hydrogens (tertiary/aromatic N) is 3. The standard InChI is InChI=1S/C25H42N4O5/c1-15(2)19(13-17(5)23(31)29-14-20(29)25(33)34-8)28(7)24(32)21(16(3)4)26-22(30)18-11-9-10-12-27(18)6/h13,15-16,18-21H,9-12,14H2,1-8H3,(H,26,30)/t18-,19-,20?,21+,29?/m1/s1. The van der Waals surface area contributed by atoms with Crippen LogP contribution in [0.15, 0.2) is 11.6 Å². The number of piperidine rings is 1. The van der Waals surface area contributed by atoms with Gasteiger partial charge in [0.1, 0.15) is 12.1 Å². The van der Waals surface area contributed by atoms with E-state index in [2.05, 4.69) is 5.32 Å². The van der Waals surface area contributed by atoms with Gasteiger partial charge in [-0.15, -0.1) is 0 Å². The van der Waals surface area contributed by atoms with E-state index in [-0.39, 0.29) is 41.6 Å². The highest BCUT2D eigenvalue weighted by atomic mass is 16.5. The van der Waals surface area contributed by atoms with Crippen molar-refractivity contribution in [2.75, 3.05) is 34.3 Å². The van der Waals surface area contributed by atoms with Gasteiger partial charge in [-0.1, -0.05) is 40.2 Å². The molecule has 2 heterocycles. The van der Waals surface area contributed by atoms with Crippen LogP contribution < -0.4 is 5.32 Å². The number of carbonyl (C=O) groups is 4. The lowest BCUT2D eigenvalue weighted by Crippen LogP contribution is -2.57. The number of hydrogen-bond donors (Lipinski definition) is 1. The minimum atomic E-state index is -0.658. The molecule has 2 saturated heterocycles. The third kappa shape index (κ3) is 6.58. The number of likely N-dealkylation sites (N-methyl/N-ethyl adjacent to an activating group) is 2. The lowest BCUT2D eigenvalue weighted by molar-refractivity contribution is -0.142. The monoisotopic (exact) mass is 478 g/mol. The van der Waals surface area contributed by atoms with Gasteiger partial charge in [0.2, 0.25) is 17.7 Å². The molecule has 0 radical (unpaired) electrons. The van der Waals surface area contributed by atoms with Crippen molar-refractivity contribution in [1.29, 1.82) is 0 Å². The zero-order valence-corrected chi connectivity index (χ0v) is 22.0. The summed E-state index contributed by atoms with van der Waals surface area (Å²) >= 11 is 0. The highest BCUT2D eigenvalue weighted by Gasteiger charge is 2.45. The van der Waals surface area contributed by atoms with Crippen molar-refractivity contribution < 1.29 is 23.9 Å². The molecule has 34 heavy (non-hydrogen) atoms. The van der Waals surface area contributed by atoms with Crippen molar-refractivity contribution in [3.63, 3.8) is 0 Å². The molecule has 3 amide bonds. The predicted molar refractivity (Wildman–Crippen MR) is 130 cm³/mol. The highest BCUT2D eigenvalue weighted by molar-refractivity contribution is 5.99. The average Bonchev–Trinajstić information content (AvgIpc) is 3.59. The Bertz CT molecular complexity index is 809. The van der Waals surface area contributed by atoms with Crippen molar-refractivity contribution in [3.05, 3.63) is 11.6 Å². The Kier molecular flexibility index (Phi) is 9.67. The van der Waals surface area contributed by atoms with Gasteiger partial charge in [-0.3, -0.25) is 19.3 Å². The van der Waals surface area contributed by atoms with Crippen LogP contribution >= 0.6 is 0 Å². The molecular formula is C25H42N4O5. The Morgan fingerprint density at radius 1 is 1.06 bits per heavy atom. The number of hydrogen-bond acceptors (Lipinski definition) is 6. The van der Waals surface area contributed by atoms with Gasteiger partial charge in [0.25, 0.3) is 0 Å². The number of esters is 1. The Hall–Kier alpha value is -2.42. The first-order chi connectivity index (χ1) is 15.9. The van der Waals surface area contributed by atoms with E-state index in [1.165, 1.54) is 12.0 Å². The summed E-state index contributed by atoms with van der Waals surface area (Å²) in [6, 6.07) is -1.75. The number of likely N-dealkylation sites (tertiary alicyclic amines) is 1. The van der Waals surface area contributed by atoms with E-state index in [1.807, 2.05) is 39.6 Å². The summed E-state index contributed by atoms with van der Waals surface area (Å²) in [6.07, 6.45) is 4.66. The van der Waals surface area contributed by atoms with E-state index in [1.54, 1.807) is 24.9 Å². The van der Waals surface area contributed by atoms with Crippen molar-refractivity contribution in [3.8, 4) is 0 Å². The third-order valence-electron chi connectivity index (χ3n) is 6.89. The van der Waals surface area contributed by atoms with Gasteiger partial charge in [0, 0.05) is 12.6 Å². The SMILES string of the molecule is COC(=O)C1CN1C(=O)C(C)=C[C@H](C(C)C)N(C)C(=O)[C@@H](NC(=O)[C@H]1CCCCN1C)C(C)C. The molecule has 0 spiro atoms. The van der Waals surface area contributed by atoms with Crippen LogP contribution in [0.25, 0.3) is 0 Å². The first-order valence-corrected chi connectivity index (χ1v) is 12.2. The molecule has 2 rings (SSSR count). The molecule has 1 N–H and O–H groups in total. The van der Waals surface area contributed by atoms with Gasteiger partial charge in [-0.2, -0.15) is 0 Å². The smallest absolute Gasteiger partial charge is 0.330 e. The molecule has 9 heteroatoms. The highest BCUT2D eigenvalue weighted by Crippen LogP contribution is 2.24. The molecular weight excluding hydrogens is 436 g/mol. The summed E-state index contributed by atoms with van der Waals surface area (Å²) in [6.45, 7) is 10.7. The number of methoxy groups -OCH3 is 1. The van der Waals surface area contributed by atoms with Crippen LogP contribution in [0.3, 0.4) is 0 Å². The van der Waals surface area contributed by atoms with Crippen LogP contribution in [-0.2, 0) is 23.9 Å². The zero-order valence-electron chi connectivity index (χ0n) is 22.0. The zero-order chi connectivity index (χ0) is 25.7. The summed E-state index contributed by atoms with van der Waals surface area (Å²) < 4.78 is 4.71. The van der Waals surface area contributed by atoms with Crippen LogP contribution in [-0.4, -0.2) is 96.9 Å². The van der Waals surface area contributed by atoms with Crippen molar-refractivity contribution >= 4 is 23.7 Å². The van der Waals surface area contributed by atoms with E-state index in [9.17, 15) is 19.2 Å². The molecule has 0 aromatic heterocycles. The Morgan fingerprint density at radius 3 is 2.24 bits per heavy atom. The fourth-order valence-electron chi connectivity index (χ4n) is 4.54. The molecule has 9 nitrogen and oxygen atoms in total. The van der Waals surface area contributed by atoms with Crippen molar-refractivity contribution in [2.24, 2.45) is 11.8 Å². The maximum atomic E-state index is 13.5. The molecule has 1 unspecified atom stereocenters. The predicted octanol–water partition coefficient (Wildman–Crippen LogP) is 1.42. The first kappa shape index (κ1) is 27.8. The van der Waals surface area contributed by atoms with Crippen molar-refractivity contribution in [2.45, 2.75) is 78.0 Å². The number of ether oxygens (including phenoxy) is 1. The molecule has 0 saturated carbocycles. The van der Waals surface area contributed by atoms with E-state index in [4.69, 9.17) is 4.74 Å². The van der Waals surface area contributed by atoms with Gasteiger partial charge < -0.3 is 19.9 Å². The maximum absolute atomic E-state index is 13.5. The molecule has 2 aliphatic heterocycles. The normalized spacial score (nSPS) is 22.9. The van der Waals surface area contributed by atoms with Crippen LogP contribution in [0.1, 0.15) is 53.9 Å². The Labute approximate surface area is 203 Å². The molecule has 2 fully saturated rings. The average molecular weight is 479 g/mol. The molecule has 0 aromatic carbocycles. The van der Waals surface area contributed by atoms with Crippen molar-refractivity contribution in [1.82, 2.24) is 20.0 Å². The van der Waals surface area contributed by atoms with E-state index in [0.717, 1.165) is 25.8 Å². The molecule has 0 bridgehead atoms. The van der Waals surface area contributed by atoms with Crippen LogP contribution in [0.4, 0.5) is 0 Å². The van der Waals surface area contributed by atoms with Gasteiger partial charge in [-0.05, 0) is 45.2 Å². The summed E-state index contributed by atoms with van der Waals surface area (Å²) in [5.41, 5.74) is 0.471. The molecule has 0 aliphatic carbocycles. The number of carbonyl (C=O) groups excluding carboxylic acids is 4.